The number of nitro groups is 1. The van der Waals surface area contributed by atoms with Crippen molar-refractivity contribution >= 4 is 17.4 Å². The average Bonchev–Trinajstić information content (AvgIpc) is 2.97. The summed E-state index contributed by atoms with van der Waals surface area (Å²) in [6.07, 6.45) is 0.934. The molecule has 0 fully saturated rings. The lowest BCUT2D eigenvalue weighted by Gasteiger charge is -2.10. The smallest absolute Gasteiger partial charge is 0.286 e. The van der Waals surface area contributed by atoms with Gasteiger partial charge in [0.1, 0.15) is 5.56 Å². The predicted octanol–water partition coefficient (Wildman–Crippen LogP) is 2.15. The minimum Gasteiger partial charge on any atom is -0.365 e. The fourth-order valence-electron chi connectivity index (χ4n) is 3.27. The molecule has 0 aliphatic rings. The second-order valence-electron chi connectivity index (χ2n) is 6.55. The van der Waals surface area contributed by atoms with Crippen LogP contribution in [0, 0.1) is 24.0 Å². The SMILES string of the molecule is Cc1cc(C(=O)Cn2cc([N+](=O)[O-])cc(C(N)=O)c2=O)c(C)n1-c1ccccc1. The summed E-state index contributed by atoms with van der Waals surface area (Å²) in [7, 11) is 0. The van der Waals surface area contributed by atoms with E-state index in [-0.39, 0.29) is 0 Å². The Labute approximate surface area is 165 Å². The van der Waals surface area contributed by atoms with Gasteiger partial charge in [-0.05, 0) is 32.0 Å². The van der Waals surface area contributed by atoms with E-state index in [1.165, 1.54) is 0 Å². The van der Waals surface area contributed by atoms with Crippen molar-refractivity contribution in [3.63, 3.8) is 0 Å². The number of nitrogens with zero attached hydrogens (tertiary/aromatic N) is 3. The first-order valence-electron chi connectivity index (χ1n) is 8.67. The molecule has 2 N–H and O–H groups in total. The zero-order valence-electron chi connectivity index (χ0n) is 15.8. The summed E-state index contributed by atoms with van der Waals surface area (Å²) in [5.41, 5.74) is 6.00. The molecule has 2 heterocycles. The first-order chi connectivity index (χ1) is 13.7. The van der Waals surface area contributed by atoms with E-state index < -0.39 is 40.0 Å². The van der Waals surface area contributed by atoms with E-state index in [2.05, 4.69) is 0 Å². The van der Waals surface area contributed by atoms with Gasteiger partial charge in [0.25, 0.3) is 17.2 Å². The molecule has 0 spiro atoms. The van der Waals surface area contributed by atoms with E-state index in [4.69, 9.17) is 5.73 Å². The Bertz CT molecular complexity index is 1190. The number of hydrogen-bond donors (Lipinski definition) is 1. The number of hydrogen-bond acceptors (Lipinski definition) is 5. The fourth-order valence-corrected chi connectivity index (χ4v) is 3.27. The summed E-state index contributed by atoms with van der Waals surface area (Å²) in [5, 5.41) is 11.1. The third-order valence-corrected chi connectivity index (χ3v) is 4.61. The number of primary amides is 1. The number of para-hydroxylation sites is 1. The zero-order chi connectivity index (χ0) is 21.3. The number of nitrogens with two attached hydrogens (primary N) is 1. The molecule has 0 saturated carbocycles. The van der Waals surface area contributed by atoms with Gasteiger partial charge in [0.05, 0.1) is 17.7 Å². The molecule has 3 aromatic rings. The number of aromatic nitrogens is 2. The molecule has 0 unspecified atom stereocenters. The first-order valence-corrected chi connectivity index (χ1v) is 8.67. The number of benzene rings is 1. The second kappa shape index (κ2) is 7.55. The zero-order valence-corrected chi connectivity index (χ0v) is 15.8. The molecule has 0 saturated heterocycles. The van der Waals surface area contributed by atoms with Gasteiger partial charge in [0.2, 0.25) is 0 Å². The van der Waals surface area contributed by atoms with E-state index in [0.717, 1.165) is 28.2 Å². The maximum atomic E-state index is 12.9. The molecule has 3 rings (SSSR count). The molecule has 9 nitrogen and oxygen atoms in total. The molecule has 0 radical (unpaired) electrons. The lowest BCUT2D eigenvalue weighted by atomic mass is 10.1. The van der Waals surface area contributed by atoms with Crippen molar-refractivity contribution in [3.05, 3.63) is 91.6 Å². The standard InChI is InChI=1S/C20H18N4O5/c1-12-8-16(13(2)23(12)14-6-4-3-5-7-14)18(25)11-22-10-15(24(28)29)9-17(19(21)26)20(22)27/h3-10H,11H2,1-2H3,(H2,21,26). The Morgan fingerprint density at radius 3 is 2.34 bits per heavy atom. The second-order valence-corrected chi connectivity index (χ2v) is 6.55. The lowest BCUT2D eigenvalue weighted by molar-refractivity contribution is -0.385. The summed E-state index contributed by atoms with van der Waals surface area (Å²) in [6, 6.07) is 12.0. The van der Waals surface area contributed by atoms with Crippen LogP contribution in [-0.4, -0.2) is 25.7 Å². The number of carbonyl (C=O) groups excluding carboxylic acids is 2. The molecule has 9 heteroatoms. The minimum absolute atomic E-state index is 0.380. The number of Topliss-reactive ketones (excluding diaryl/α,β-unsaturated/α-hetero) is 1. The van der Waals surface area contributed by atoms with Crippen LogP contribution in [-0.2, 0) is 6.54 Å². The summed E-state index contributed by atoms with van der Waals surface area (Å²) in [4.78, 5) is 47.1. The summed E-state index contributed by atoms with van der Waals surface area (Å²) >= 11 is 0. The van der Waals surface area contributed by atoms with Gasteiger partial charge < -0.3 is 14.9 Å². The Morgan fingerprint density at radius 2 is 1.76 bits per heavy atom. The van der Waals surface area contributed by atoms with Crippen LogP contribution in [0.2, 0.25) is 0 Å². The minimum atomic E-state index is -1.10. The van der Waals surface area contributed by atoms with Crippen LogP contribution in [0.5, 0.6) is 0 Å². The molecule has 0 aliphatic heterocycles. The van der Waals surface area contributed by atoms with Crippen molar-refractivity contribution in [1.29, 1.82) is 0 Å². The van der Waals surface area contributed by atoms with Crippen LogP contribution in [0.4, 0.5) is 5.69 Å². The van der Waals surface area contributed by atoms with Crippen molar-refractivity contribution in [3.8, 4) is 5.69 Å². The van der Waals surface area contributed by atoms with E-state index in [9.17, 15) is 24.5 Å². The van der Waals surface area contributed by atoms with Gasteiger partial charge in [-0.1, -0.05) is 18.2 Å². The molecule has 1 amide bonds. The monoisotopic (exact) mass is 394 g/mol. The van der Waals surface area contributed by atoms with Gasteiger partial charge in [0, 0.05) is 28.7 Å². The Kier molecular flexibility index (Phi) is 5.14. The third-order valence-electron chi connectivity index (χ3n) is 4.61. The Hall–Kier alpha value is -4.01. The highest BCUT2D eigenvalue weighted by Gasteiger charge is 2.21. The summed E-state index contributed by atoms with van der Waals surface area (Å²) < 4.78 is 2.74. The highest BCUT2D eigenvalue weighted by Crippen LogP contribution is 2.21. The quantitative estimate of drug-likeness (QED) is 0.389. The highest BCUT2D eigenvalue weighted by atomic mass is 16.6. The molecular formula is C20H18N4O5. The normalized spacial score (nSPS) is 10.7. The average molecular weight is 394 g/mol. The topological polar surface area (TPSA) is 130 Å². The molecule has 1 aromatic carbocycles. The van der Waals surface area contributed by atoms with Crippen LogP contribution in [0.1, 0.15) is 32.1 Å². The Balaban J connectivity index is 2.03. The van der Waals surface area contributed by atoms with Crippen LogP contribution in [0.25, 0.3) is 5.69 Å². The van der Waals surface area contributed by atoms with Crippen molar-refractivity contribution < 1.29 is 14.5 Å². The molecule has 0 atom stereocenters. The van der Waals surface area contributed by atoms with Gasteiger partial charge in [-0.15, -0.1) is 0 Å². The lowest BCUT2D eigenvalue weighted by Crippen LogP contribution is -2.31. The number of rotatable bonds is 6. The van der Waals surface area contributed by atoms with Crippen molar-refractivity contribution in [2.45, 2.75) is 20.4 Å². The van der Waals surface area contributed by atoms with Crippen LogP contribution in [0.3, 0.4) is 0 Å². The molecule has 148 valence electrons. The molecule has 2 aromatic heterocycles. The van der Waals surface area contributed by atoms with Crippen LogP contribution < -0.4 is 11.3 Å². The molecular weight excluding hydrogens is 376 g/mol. The van der Waals surface area contributed by atoms with Gasteiger partial charge in [-0.25, -0.2) is 0 Å². The highest BCUT2D eigenvalue weighted by molar-refractivity contribution is 5.98. The maximum Gasteiger partial charge on any atom is 0.286 e. The van der Waals surface area contributed by atoms with Crippen molar-refractivity contribution in [2.24, 2.45) is 5.73 Å². The summed E-state index contributed by atoms with van der Waals surface area (Å²) in [6.45, 7) is 3.17. The molecule has 0 bridgehead atoms. The van der Waals surface area contributed by atoms with E-state index in [1.54, 1.807) is 13.0 Å². The van der Waals surface area contributed by atoms with Crippen molar-refractivity contribution in [1.82, 2.24) is 9.13 Å². The number of amides is 1. The predicted molar refractivity (Wildman–Crippen MR) is 105 cm³/mol. The number of carbonyl (C=O) groups is 2. The van der Waals surface area contributed by atoms with Gasteiger partial charge in [0.15, 0.2) is 5.78 Å². The number of ketones is 1. The van der Waals surface area contributed by atoms with Crippen LogP contribution in [0.15, 0.2) is 53.5 Å². The van der Waals surface area contributed by atoms with E-state index in [1.807, 2.05) is 41.8 Å². The number of pyridine rings is 1. The van der Waals surface area contributed by atoms with Gasteiger partial charge in [-0.3, -0.25) is 24.5 Å². The first kappa shape index (κ1) is 19.7. The largest absolute Gasteiger partial charge is 0.365 e. The summed E-state index contributed by atoms with van der Waals surface area (Å²) in [5.74, 6) is -1.51. The van der Waals surface area contributed by atoms with Gasteiger partial charge >= 0.3 is 0 Å². The van der Waals surface area contributed by atoms with Crippen LogP contribution >= 0.6 is 0 Å². The number of aryl methyl sites for hydroxylation is 1. The molecule has 29 heavy (non-hydrogen) atoms. The fraction of sp³-hybridized carbons (Fsp3) is 0.150. The molecule has 0 aliphatic carbocycles. The van der Waals surface area contributed by atoms with E-state index in [0.29, 0.717) is 11.3 Å². The Morgan fingerprint density at radius 1 is 1.10 bits per heavy atom. The van der Waals surface area contributed by atoms with Gasteiger partial charge in [-0.2, -0.15) is 0 Å². The van der Waals surface area contributed by atoms with E-state index >= 15 is 0 Å². The van der Waals surface area contributed by atoms with Crippen molar-refractivity contribution in [2.75, 3.05) is 0 Å². The third kappa shape index (κ3) is 3.70. The maximum absolute atomic E-state index is 12.9.